The summed E-state index contributed by atoms with van der Waals surface area (Å²) < 4.78 is 7.12. The van der Waals surface area contributed by atoms with Crippen LogP contribution in [0.3, 0.4) is 0 Å². The molecule has 2 atom stereocenters. The molecule has 7 heteroatoms. The van der Waals surface area contributed by atoms with Crippen molar-refractivity contribution in [3.05, 3.63) is 16.3 Å². The largest absolute Gasteiger partial charge is 0.378 e. The summed E-state index contributed by atoms with van der Waals surface area (Å²) >= 11 is 0. The van der Waals surface area contributed by atoms with Gasteiger partial charge < -0.3 is 10.5 Å². The third kappa shape index (κ3) is 2.23. The van der Waals surface area contributed by atoms with Crippen molar-refractivity contribution >= 4 is 11.5 Å². The van der Waals surface area contributed by atoms with E-state index in [1.165, 1.54) is 6.20 Å². The average molecular weight is 240 g/mol. The van der Waals surface area contributed by atoms with E-state index in [1.54, 1.807) is 4.68 Å². The lowest BCUT2D eigenvalue weighted by molar-refractivity contribution is -0.384. The molecule has 94 valence electrons. The van der Waals surface area contributed by atoms with E-state index in [0.29, 0.717) is 6.61 Å². The molecule has 1 aromatic heterocycles. The molecular formula is C10H16N4O3. The first kappa shape index (κ1) is 11.8. The van der Waals surface area contributed by atoms with Gasteiger partial charge in [0.1, 0.15) is 6.20 Å². The van der Waals surface area contributed by atoms with E-state index in [4.69, 9.17) is 10.5 Å². The average Bonchev–Trinajstić information content (AvgIpc) is 2.71. The Balaban J connectivity index is 2.19. The van der Waals surface area contributed by atoms with Crippen molar-refractivity contribution in [1.82, 2.24) is 9.78 Å². The molecule has 2 N–H and O–H groups in total. The van der Waals surface area contributed by atoms with Gasteiger partial charge in [0.05, 0.1) is 17.1 Å². The summed E-state index contributed by atoms with van der Waals surface area (Å²) in [5.41, 5.74) is 5.62. The van der Waals surface area contributed by atoms with Crippen LogP contribution in [0.15, 0.2) is 6.20 Å². The summed E-state index contributed by atoms with van der Waals surface area (Å²) in [6.45, 7) is 2.71. The highest BCUT2D eigenvalue weighted by Gasteiger charge is 2.27. The first-order valence-corrected chi connectivity index (χ1v) is 5.72. The van der Waals surface area contributed by atoms with Gasteiger partial charge in [-0.3, -0.25) is 10.1 Å². The minimum atomic E-state index is -0.505. The third-order valence-corrected chi connectivity index (χ3v) is 3.15. The number of aromatic nitrogens is 2. The van der Waals surface area contributed by atoms with Crippen molar-refractivity contribution in [2.75, 3.05) is 12.3 Å². The van der Waals surface area contributed by atoms with Gasteiger partial charge in [-0.15, -0.1) is 0 Å². The molecule has 0 spiro atoms. The molecule has 0 saturated carbocycles. The van der Waals surface area contributed by atoms with Crippen LogP contribution >= 0.6 is 0 Å². The van der Waals surface area contributed by atoms with Gasteiger partial charge in [-0.05, 0) is 19.3 Å². The SMILES string of the molecule is CCC1CC(n2ncc([N+](=O)[O-])c2N)CCO1. The van der Waals surface area contributed by atoms with E-state index in [0.717, 1.165) is 19.3 Å². The quantitative estimate of drug-likeness (QED) is 0.638. The topological polar surface area (TPSA) is 96.2 Å². The number of hydrogen-bond donors (Lipinski definition) is 1. The van der Waals surface area contributed by atoms with Crippen LogP contribution in [0, 0.1) is 10.1 Å². The summed E-state index contributed by atoms with van der Waals surface area (Å²) in [5, 5.41) is 14.7. The monoisotopic (exact) mass is 240 g/mol. The predicted octanol–water partition coefficient (Wildman–Crippen LogP) is 1.50. The molecule has 17 heavy (non-hydrogen) atoms. The minimum Gasteiger partial charge on any atom is -0.378 e. The maximum absolute atomic E-state index is 10.7. The number of rotatable bonds is 3. The van der Waals surface area contributed by atoms with E-state index in [2.05, 4.69) is 12.0 Å². The lowest BCUT2D eigenvalue weighted by atomic mass is 10.0. The van der Waals surface area contributed by atoms with Crippen LogP contribution in [0.1, 0.15) is 32.2 Å². The Kier molecular flexibility index (Phi) is 3.28. The van der Waals surface area contributed by atoms with Gasteiger partial charge in [0, 0.05) is 6.61 Å². The molecule has 0 bridgehead atoms. The Morgan fingerprint density at radius 1 is 1.76 bits per heavy atom. The summed E-state index contributed by atoms with van der Waals surface area (Å²) in [6.07, 6.45) is 3.93. The maximum atomic E-state index is 10.7. The Morgan fingerprint density at radius 3 is 3.12 bits per heavy atom. The standard InChI is InChI=1S/C10H16N4O3/c1-2-8-5-7(3-4-17-8)13-10(11)9(6-12-13)14(15)16/h6-8H,2-5,11H2,1H3. The molecule has 0 aliphatic carbocycles. The van der Waals surface area contributed by atoms with E-state index in [1.807, 2.05) is 0 Å². The van der Waals surface area contributed by atoms with Crippen LogP contribution < -0.4 is 5.73 Å². The Hall–Kier alpha value is -1.63. The van der Waals surface area contributed by atoms with E-state index in [9.17, 15) is 10.1 Å². The summed E-state index contributed by atoms with van der Waals surface area (Å²) in [4.78, 5) is 10.2. The van der Waals surface area contributed by atoms with Crippen molar-refractivity contribution in [2.45, 2.75) is 38.3 Å². The Bertz CT molecular complexity index is 418. The summed E-state index contributed by atoms with van der Waals surface area (Å²) in [7, 11) is 0. The number of hydrogen-bond acceptors (Lipinski definition) is 5. The number of nitro groups is 1. The van der Waals surface area contributed by atoms with Gasteiger partial charge in [0.2, 0.25) is 5.82 Å². The molecule has 2 rings (SSSR count). The van der Waals surface area contributed by atoms with Crippen LogP contribution in [0.5, 0.6) is 0 Å². The van der Waals surface area contributed by atoms with Crippen molar-refractivity contribution < 1.29 is 9.66 Å². The molecule has 1 aliphatic heterocycles. The van der Waals surface area contributed by atoms with Gasteiger partial charge in [-0.1, -0.05) is 6.92 Å². The molecule has 0 amide bonds. The molecule has 0 aromatic carbocycles. The second-order valence-corrected chi connectivity index (χ2v) is 4.20. The van der Waals surface area contributed by atoms with Gasteiger partial charge in [-0.25, -0.2) is 4.68 Å². The van der Waals surface area contributed by atoms with E-state index in [-0.39, 0.29) is 23.7 Å². The number of anilines is 1. The van der Waals surface area contributed by atoms with E-state index >= 15 is 0 Å². The Labute approximate surface area is 98.7 Å². The predicted molar refractivity (Wildman–Crippen MR) is 61.6 cm³/mol. The van der Waals surface area contributed by atoms with Crippen LogP contribution in [-0.4, -0.2) is 27.4 Å². The fraction of sp³-hybridized carbons (Fsp3) is 0.700. The second kappa shape index (κ2) is 4.70. The second-order valence-electron chi connectivity index (χ2n) is 4.20. The summed E-state index contributed by atoms with van der Waals surface area (Å²) in [5.74, 6) is 0.136. The zero-order chi connectivity index (χ0) is 12.4. The molecule has 1 saturated heterocycles. The smallest absolute Gasteiger partial charge is 0.330 e. The molecule has 1 aliphatic rings. The third-order valence-electron chi connectivity index (χ3n) is 3.15. The maximum Gasteiger partial charge on any atom is 0.330 e. The van der Waals surface area contributed by atoms with Gasteiger partial charge >= 0.3 is 5.69 Å². The summed E-state index contributed by atoms with van der Waals surface area (Å²) in [6, 6.07) is 0.0994. The molecule has 2 heterocycles. The number of nitrogens with zero attached hydrogens (tertiary/aromatic N) is 3. The van der Waals surface area contributed by atoms with Crippen molar-refractivity contribution in [2.24, 2.45) is 0 Å². The zero-order valence-electron chi connectivity index (χ0n) is 9.70. The van der Waals surface area contributed by atoms with E-state index < -0.39 is 4.92 Å². The normalized spacial score (nSPS) is 24.8. The van der Waals surface area contributed by atoms with Crippen molar-refractivity contribution in [3.63, 3.8) is 0 Å². The zero-order valence-corrected chi connectivity index (χ0v) is 9.70. The highest BCUT2D eigenvalue weighted by Crippen LogP contribution is 2.31. The van der Waals surface area contributed by atoms with Gasteiger partial charge in [-0.2, -0.15) is 5.10 Å². The lowest BCUT2D eigenvalue weighted by Gasteiger charge is -2.29. The first-order valence-electron chi connectivity index (χ1n) is 5.72. The van der Waals surface area contributed by atoms with Crippen molar-refractivity contribution in [3.8, 4) is 0 Å². The number of nitrogens with two attached hydrogens (primary N) is 1. The Morgan fingerprint density at radius 2 is 2.53 bits per heavy atom. The fourth-order valence-electron chi connectivity index (χ4n) is 2.16. The van der Waals surface area contributed by atoms with Crippen LogP contribution in [0.25, 0.3) is 0 Å². The van der Waals surface area contributed by atoms with Crippen LogP contribution in [-0.2, 0) is 4.74 Å². The minimum absolute atomic E-state index is 0.0994. The lowest BCUT2D eigenvalue weighted by Crippen LogP contribution is -2.28. The highest BCUT2D eigenvalue weighted by molar-refractivity contribution is 5.51. The van der Waals surface area contributed by atoms with Crippen LogP contribution in [0.4, 0.5) is 11.5 Å². The molecular weight excluding hydrogens is 224 g/mol. The number of ether oxygens (including phenoxy) is 1. The van der Waals surface area contributed by atoms with Gasteiger partial charge in [0.25, 0.3) is 0 Å². The fourth-order valence-corrected chi connectivity index (χ4v) is 2.16. The molecule has 0 radical (unpaired) electrons. The molecule has 1 fully saturated rings. The highest BCUT2D eigenvalue weighted by atomic mass is 16.6. The first-order chi connectivity index (χ1) is 8.13. The number of nitrogen functional groups attached to an aromatic ring is 1. The van der Waals surface area contributed by atoms with Crippen LogP contribution in [0.2, 0.25) is 0 Å². The molecule has 7 nitrogen and oxygen atoms in total. The molecule has 2 unspecified atom stereocenters. The van der Waals surface area contributed by atoms with Gasteiger partial charge in [0.15, 0.2) is 0 Å². The van der Waals surface area contributed by atoms with Crippen molar-refractivity contribution in [1.29, 1.82) is 0 Å². The molecule has 1 aromatic rings.